The summed E-state index contributed by atoms with van der Waals surface area (Å²) in [7, 11) is 0. The molecule has 1 saturated carbocycles. The summed E-state index contributed by atoms with van der Waals surface area (Å²) in [5.74, 6) is -1.24. The average Bonchev–Trinajstić information content (AvgIpc) is 3.17. The number of carboxylic acid groups (broad SMARTS) is 1. The molecule has 0 saturated heterocycles. The van der Waals surface area contributed by atoms with Crippen molar-refractivity contribution in [3.8, 4) is 0 Å². The van der Waals surface area contributed by atoms with Crippen LogP contribution in [0.5, 0.6) is 0 Å². The van der Waals surface area contributed by atoms with Gasteiger partial charge in [-0.2, -0.15) is 0 Å². The van der Waals surface area contributed by atoms with Crippen LogP contribution in [0.25, 0.3) is 0 Å². The van der Waals surface area contributed by atoms with Crippen molar-refractivity contribution in [2.75, 3.05) is 6.54 Å². The summed E-state index contributed by atoms with van der Waals surface area (Å²) in [5.41, 5.74) is -0.140. The lowest BCUT2D eigenvalue weighted by Gasteiger charge is -2.16. The fraction of sp³-hybridized carbons (Fsp3) is 0.429. The predicted molar refractivity (Wildman–Crippen MR) is 70.7 cm³/mol. The molecule has 108 valence electrons. The summed E-state index contributed by atoms with van der Waals surface area (Å²) >= 11 is 0. The number of amides is 2. The minimum absolute atomic E-state index is 0.115. The first-order valence-corrected chi connectivity index (χ1v) is 6.46. The second kappa shape index (κ2) is 5.48. The van der Waals surface area contributed by atoms with E-state index in [9.17, 15) is 14.0 Å². The fourth-order valence-electron chi connectivity index (χ4n) is 1.97. The highest BCUT2D eigenvalue weighted by atomic mass is 19.1. The first kappa shape index (κ1) is 14.3. The standard InChI is InChI=1S/C14H17FN2O3/c1-9(10-3-2-4-11(15)7-10)17-13(20)16-8-14(5-6-14)12(18)19/h2-4,7,9H,5-6,8H2,1H3,(H,18,19)(H2,16,17,20). The molecule has 0 aromatic heterocycles. The maximum atomic E-state index is 13.1. The Bertz CT molecular complexity index is 529. The van der Waals surface area contributed by atoms with Crippen LogP contribution < -0.4 is 10.6 Å². The van der Waals surface area contributed by atoms with E-state index in [2.05, 4.69) is 10.6 Å². The molecule has 1 aliphatic carbocycles. The number of urea groups is 1. The number of nitrogens with one attached hydrogen (secondary N) is 2. The van der Waals surface area contributed by atoms with Crippen LogP contribution in [-0.4, -0.2) is 23.7 Å². The Labute approximate surface area is 116 Å². The van der Waals surface area contributed by atoms with Crippen LogP contribution in [0.15, 0.2) is 24.3 Å². The Morgan fingerprint density at radius 2 is 2.15 bits per heavy atom. The molecule has 0 aliphatic heterocycles. The Balaban J connectivity index is 1.84. The van der Waals surface area contributed by atoms with Crippen molar-refractivity contribution >= 4 is 12.0 Å². The third kappa shape index (κ3) is 3.26. The molecule has 1 aromatic carbocycles. The van der Waals surface area contributed by atoms with Gasteiger partial charge < -0.3 is 15.7 Å². The van der Waals surface area contributed by atoms with Crippen molar-refractivity contribution in [2.24, 2.45) is 5.41 Å². The molecule has 1 aliphatic rings. The third-order valence-electron chi connectivity index (χ3n) is 3.59. The Morgan fingerprint density at radius 3 is 2.70 bits per heavy atom. The van der Waals surface area contributed by atoms with Crippen molar-refractivity contribution in [3.63, 3.8) is 0 Å². The summed E-state index contributed by atoms with van der Waals surface area (Å²) < 4.78 is 13.1. The second-order valence-electron chi connectivity index (χ2n) is 5.19. The number of aliphatic carboxylic acids is 1. The maximum Gasteiger partial charge on any atom is 0.315 e. The predicted octanol–water partition coefficient (Wildman–Crippen LogP) is 2.05. The molecule has 0 spiro atoms. The number of benzene rings is 1. The van der Waals surface area contributed by atoms with Gasteiger partial charge in [0.15, 0.2) is 0 Å². The second-order valence-corrected chi connectivity index (χ2v) is 5.19. The Morgan fingerprint density at radius 1 is 1.45 bits per heavy atom. The monoisotopic (exact) mass is 280 g/mol. The fourth-order valence-corrected chi connectivity index (χ4v) is 1.97. The first-order chi connectivity index (χ1) is 9.43. The zero-order valence-electron chi connectivity index (χ0n) is 11.1. The van der Waals surface area contributed by atoms with Crippen LogP contribution in [0.2, 0.25) is 0 Å². The van der Waals surface area contributed by atoms with Gasteiger partial charge in [0.25, 0.3) is 0 Å². The minimum Gasteiger partial charge on any atom is -0.481 e. The van der Waals surface area contributed by atoms with Crippen LogP contribution in [-0.2, 0) is 4.79 Å². The molecule has 3 N–H and O–H groups in total. The van der Waals surface area contributed by atoms with E-state index in [1.807, 2.05) is 0 Å². The van der Waals surface area contributed by atoms with E-state index in [0.29, 0.717) is 18.4 Å². The van der Waals surface area contributed by atoms with Gasteiger partial charge in [0, 0.05) is 6.54 Å². The van der Waals surface area contributed by atoms with E-state index in [1.165, 1.54) is 12.1 Å². The molecule has 5 nitrogen and oxygen atoms in total. The van der Waals surface area contributed by atoms with Crippen LogP contribution in [0.1, 0.15) is 31.4 Å². The molecule has 2 amide bonds. The SMILES string of the molecule is CC(NC(=O)NCC1(C(=O)O)CC1)c1cccc(F)c1. The number of halogens is 1. The molecule has 6 heteroatoms. The molecule has 0 heterocycles. The van der Waals surface area contributed by atoms with Crippen LogP contribution >= 0.6 is 0 Å². The van der Waals surface area contributed by atoms with E-state index in [1.54, 1.807) is 19.1 Å². The van der Waals surface area contributed by atoms with Gasteiger partial charge in [-0.15, -0.1) is 0 Å². The van der Waals surface area contributed by atoms with Gasteiger partial charge in [-0.1, -0.05) is 12.1 Å². The zero-order valence-corrected chi connectivity index (χ0v) is 11.1. The third-order valence-corrected chi connectivity index (χ3v) is 3.59. The molecule has 1 aromatic rings. The van der Waals surface area contributed by atoms with Gasteiger partial charge in [-0.25, -0.2) is 9.18 Å². The summed E-state index contributed by atoms with van der Waals surface area (Å²) in [4.78, 5) is 22.7. The molecule has 20 heavy (non-hydrogen) atoms. The van der Waals surface area contributed by atoms with Gasteiger partial charge in [0.1, 0.15) is 5.82 Å². The Kier molecular flexibility index (Phi) is 3.92. The van der Waals surface area contributed by atoms with E-state index in [-0.39, 0.29) is 18.4 Å². The maximum absolute atomic E-state index is 13.1. The molecule has 0 radical (unpaired) electrons. The lowest BCUT2D eigenvalue weighted by atomic mass is 10.1. The molecule has 0 bridgehead atoms. The van der Waals surface area contributed by atoms with E-state index >= 15 is 0 Å². The van der Waals surface area contributed by atoms with Gasteiger partial charge in [0.2, 0.25) is 0 Å². The van der Waals surface area contributed by atoms with Crippen molar-refractivity contribution in [2.45, 2.75) is 25.8 Å². The van der Waals surface area contributed by atoms with E-state index in [0.717, 1.165) is 0 Å². The highest BCUT2D eigenvalue weighted by Crippen LogP contribution is 2.45. The van der Waals surface area contributed by atoms with Crippen molar-refractivity contribution in [1.82, 2.24) is 10.6 Å². The lowest BCUT2D eigenvalue weighted by molar-refractivity contribution is -0.143. The number of carbonyl (C=O) groups excluding carboxylic acids is 1. The van der Waals surface area contributed by atoms with Crippen LogP contribution in [0.4, 0.5) is 9.18 Å². The summed E-state index contributed by atoms with van der Waals surface area (Å²) in [5, 5.41) is 14.2. The van der Waals surface area contributed by atoms with E-state index in [4.69, 9.17) is 5.11 Å². The zero-order chi connectivity index (χ0) is 14.8. The summed E-state index contributed by atoms with van der Waals surface area (Å²) in [6.07, 6.45) is 1.17. The number of hydrogen-bond donors (Lipinski definition) is 3. The van der Waals surface area contributed by atoms with E-state index < -0.39 is 17.4 Å². The van der Waals surface area contributed by atoms with Crippen LogP contribution in [0.3, 0.4) is 0 Å². The first-order valence-electron chi connectivity index (χ1n) is 6.46. The molecule has 1 fully saturated rings. The number of rotatable bonds is 5. The number of carboxylic acids is 1. The molecule has 2 rings (SSSR count). The topological polar surface area (TPSA) is 78.4 Å². The number of hydrogen-bond acceptors (Lipinski definition) is 2. The normalized spacial score (nSPS) is 17.1. The van der Waals surface area contributed by atoms with Gasteiger partial charge in [0.05, 0.1) is 11.5 Å². The smallest absolute Gasteiger partial charge is 0.315 e. The van der Waals surface area contributed by atoms with Gasteiger partial charge in [-0.05, 0) is 37.5 Å². The molecule has 1 atom stereocenters. The van der Waals surface area contributed by atoms with Crippen molar-refractivity contribution in [3.05, 3.63) is 35.6 Å². The summed E-state index contributed by atoms with van der Waals surface area (Å²) in [6, 6.07) is 5.17. The largest absolute Gasteiger partial charge is 0.481 e. The average molecular weight is 280 g/mol. The molecule has 1 unspecified atom stereocenters. The van der Waals surface area contributed by atoms with Crippen molar-refractivity contribution in [1.29, 1.82) is 0 Å². The molecular formula is C14H17FN2O3. The van der Waals surface area contributed by atoms with Crippen LogP contribution in [0, 0.1) is 11.2 Å². The Hall–Kier alpha value is -2.11. The van der Waals surface area contributed by atoms with Gasteiger partial charge >= 0.3 is 12.0 Å². The summed E-state index contributed by atoms with van der Waals surface area (Å²) in [6.45, 7) is 1.85. The van der Waals surface area contributed by atoms with Gasteiger partial charge in [-0.3, -0.25) is 4.79 Å². The lowest BCUT2D eigenvalue weighted by Crippen LogP contribution is -2.41. The van der Waals surface area contributed by atoms with Crippen molar-refractivity contribution < 1.29 is 19.1 Å². The highest BCUT2D eigenvalue weighted by Gasteiger charge is 2.50. The quantitative estimate of drug-likeness (QED) is 0.772. The minimum atomic E-state index is -0.879. The molecular weight excluding hydrogens is 263 g/mol. The number of carbonyl (C=O) groups is 2. The highest BCUT2D eigenvalue weighted by molar-refractivity contribution is 5.80.